The van der Waals surface area contributed by atoms with Crippen molar-refractivity contribution in [3.05, 3.63) is 59.8 Å². The molecule has 0 saturated heterocycles. The lowest BCUT2D eigenvalue weighted by Gasteiger charge is -2.16. The van der Waals surface area contributed by atoms with Crippen molar-refractivity contribution in [1.29, 1.82) is 0 Å². The third kappa shape index (κ3) is 2.50. The Morgan fingerprint density at radius 3 is 2.92 bits per heavy atom. The molecule has 3 heterocycles. The summed E-state index contributed by atoms with van der Waals surface area (Å²) in [5.41, 5.74) is 3.66. The van der Waals surface area contributed by atoms with Gasteiger partial charge in [0.05, 0.1) is 12.1 Å². The highest BCUT2D eigenvalue weighted by molar-refractivity contribution is 5.96. The highest BCUT2D eigenvalue weighted by Crippen LogP contribution is 2.36. The Morgan fingerprint density at radius 1 is 1.08 bits per heavy atom. The third-order valence-electron chi connectivity index (χ3n) is 4.74. The van der Waals surface area contributed by atoms with E-state index >= 15 is 0 Å². The second kappa shape index (κ2) is 5.91. The first-order valence-corrected chi connectivity index (χ1v) is 8.52. The van der Waals surface area contributed by atoms with E-state index in [4.69, 9.17) is 14.0 Å². The summed E-state index contributed by atoms with van der Waals surface area (Å²) in [6.45, 7) is 0.942. The molecule has 3 aromatic rings. The van der Waals surface area contributed by atoms with Crippen LogP contribution in [0.15, 0.2) is 53.1 Å². The van der Waals surface area contributed by atoms with E-state index in [1.165, 1.54) is 5.56 Å². The molecule has 0 spiro atoms. The second-order valence-corrected chi connectivity index (χ2v) is 6.35. The summed E-state index contributed by atoms with van der Waals surface area (Å²) in [4.78, 5) is 14.5. The fraction of sp³-hybridized carbons (Fsp3) is 0.200. The van der Waals surface area contributed by atoms with Crippen LogP contribution in [0.4, 0.5) is 5.69 Å². The van der Waals surface area contributed by atoms with Gasteiger partial charge in [-0.25, -0.2) is 0 Å². The first kappa shape index (κ1) is 15.0. The number of hydrogen-bond acceptors (Lipinski definition) is 5. The number of anilines is 1. The van der Waals surface area contributed by atoms with Crippen LogP contribution < -0.4 is 14.4 Å². The number of hydrogen-bond donors (Lipinski definition) is 0. The Bertz CT molecular complexity index is 995. The Kier molecular flexibility index (Phi) is 3.41. The molecule has 2 aliphatic heterocycles. The van der Waals surface area contributed by atoms with Gasteiger partial charge >= 0.3 is 0 Å². The van der Waals surface area contributed by atoms with E-state index in [0.717, 1.165) is 23.4 Å². The molecule has 2 aromatic carbocycles. The van der Waals surface area contributed by atoms with Crippen molar-refractivity contribution >= 4 is 11.6 Å². The van der Waals surface area contributed by atoms with Gasteiger partial charge in [0.1, 0.15) is 0 Å². The van der Waals surface area contributed by atoms with Gasteiger partial charge in [0.15, 0.2) is 17.3 Å². The summed E-state index contributed by atoms with van der Waals surface area (Å²) in [5.74, 6) is 2.04. The molecule has 6 heteroatoms. The highest BCUT2D eigenvalue weighted by Gasteiger charge is 2.25. The molecule has 1 aromatic heterocycles. The molecule has 0 saturated carbocycles. The molecule has 0 unspecified atom stereocenters. The molecular formula is C20H16N2O4. The molecular weight excluding hydrogens is 332 g/mol. The molecule has 26 heavy (non-hydrogen) atoms. The maximum absolute atomic E-state index is 12.7. The summed E-state index contributed by atoms with van der Waals surface area (Å²) < 4.78 is 16.1. The number of ether oxygens (including phenoxy) is 2. The minimum Gasteiger partial charge on any atom is -0.454 e. The molecule has 0 bridgehead atoms. The third-order valence-corrected chi connectivity index (χ3v) is 4.74. The van der Waals surface area contributed by atoms with Gasteiger partial charge in [0, 0.05) is 23.9 Å². The second-order valence-electron chi connectivity index (χ2n) is 6.35. The van der Waals surface area contributed by atoms with Crippen LogP contribution in [0.5, 0.6) is 11.5 Å². The van der Waals surface area contributed by atoms with Crippen LogP contribution in [-0.2, 0) is 17.6 Å². The summed E-state index contributed by atoms with van der Waals surface area (Å²) >= 11 is 0. The van der Waals surface area contributed by atoms with Crippen molar-refractivity contribution in [2.24, 2.45) is 0 Å². The normalized spacial score (nSPS) is 14.5. The van der Waals surface area contributed by atoms with Gasteiger partial charge in [-0.15, -0.1) is 0 Å². The van der Waals surface area contributed by atoms with E-state index in [2.05, 4.69) is 11.2 Å². The lowest BCUT2D eigenvalue weighted by molar-refractivity contribution is -0.118. The minimum atomic E-state index is 0.0282. The Morgan fingerprint density at radius 2 is 1.96 bits per heavy atom. The minimum absolute atomic E-state index is 0.0282. The molecule has 0 atom stereocenters. The Balaban J connectivity index is 1.34. The average molecular weight is 348 g/mol. The molecule has 0 fully saturated rings. The van der Waals surface area contributed by atoms with Gasteiger partial charge in [0.2, 0.25) is 12.7 Å². The van der Waals surface area contributed by atoms with E-state index in [9.17, 15) is 4.79 Å². The van der Waals surface area contributed by atoms with Gasteiger partial charge in [-0.05, 0) is 36.2 Å². The van der Waals surface area contributed by atoms with E-state index in [1.54, 1.807) is 6.07 Å². The zero-order valence-electron chi connectivity index (χ0n) is 14.0. The molecule has 1 amide bonds. The van der Waals surface area contributed by atoms with Gasteiger partial charge < -0.3 is 18.9 Å². The fourth-order valence-corrected chi connectivity index (χ4v) is 3.43. The van der Waals surface area contributed by atoms with Gasteiger partial charge in [0.25, 0.3) is 0 Å². The molecule has 130 valence electrons. The van der Waals surface area contributed by atoms with E-state index in [-0.39, 0.29) is 19.1 Å². The van der Waals surface area contributed by atoms with Crippen LogP contribution in [0.25, 0.3) is 11.3 Å². The van der Waals surface area contributed by atoms with E-state index in [0.29, 0.717) is 23.7 Å². The molecule has 5 rings (SSSR count). The first-order chi connectivity index (χ1) is 12.8. The number of carbonyl (C=O) groups excluding carboxylic acids is 1. The summed E-state index contributed by atoms with van der Waals surface area (Å²) in [6, 6.07) is 15.4. The number of para-hydroxylation sites is 1. The zero-order chi connectivity index (χ0) is 17.5. The molecule has 6 nitrogen and oxygen atoms in total. The summed E-state index contributed by atoms with van der Waals surface area (Å²) in [5, 5.41) is 4.06. The largest absolute Gasteiger partial charge is 0.454 e. The van der Waals surface area contributed by atoms with E-state index in [1.807, 2.05) is 41.3 Å². The highest BCUT2D eigenvalue weighted by atomic mass is 16.7. The van der Waals surface area contributed by atoms with Crippen molar-refractivity contribution in [1.82, 2.24) is 5.16 Å². The van der Waals surface area contributed by atoms with Gasteiger partial charge in [-0.2, -0.15) is 0 Å². The SMILES string of the molecule is O=C(Cc1cc(-c2ccc3c(c2)OCO3)on1)N1CCc2ccccc21. The average Bonchev–Trinajstić information content (AvgIpc) is 3.39. The fourth-order valence-electron chi connectivity index (χ4n) is 3.43. The van der Waals surface area contributed by atoms with Crippen LogP contribution in [-0.4, -0.2) is 24.4 Å². The first-order valence-electron chi connectivity index (χ1n) is 8.52. The van der Waals surface area contributed by atoms with E-state index < -0.39 is 0 Å². The van der Waals surface area contributed by atoms with Crippen LogP contribution in [0, 0.1) is 0 Å². The van der Waals surface area contributed by atoms with Crippen LogP contribution in [0.2, 0.25) is 0 Å². The lowest BCUT2D eigenvalue weighted by atomic mass is 10.1. The number of nitrogens with zero attached hydrogens (tertiary/aromatic N) is 2. The van der Waals surface area contributed by atoms with Crippen molar-refractivity contribution in [2.75, 3.05) is 18.2 Å². The molecule has 0 radical (unpaired) electrons. The predicted octanol–water partition coefficient (Wildman–Crippen LogP) is 3.20. The number of rotatable bonds is 3. The van der Waals surface area contributed by atoms with Gasteiger partial charge in [-0.3, -0.25) is 4.79 Å². The van der Waals surface area contributed by atoms with Crippen LogP contribution >= 0.6 is 0 Å². The zero-order valence-corrected chi connectivity index (χ0v) is 14.0. The van der Waals surface area contributed by atoms with Crippen molar-refractivity contribution in [3.63, 3.8) is 0 Å². The van der Waals surface area contributed by atoms with Crippen molar-refractivity contribution in [3.8, 4) is 22.8 Å². The summed E-state index contributed by atoms with van der Waals surface area (Å²) in [6.07, 6.45) is 1.10. The number of fused-ring (bicyclic) bond motifs is 2. The smallest absolute Gasteiger partial charge is 0.233 e. The standard InChI is InChI=1S/C20H16N2O4/c23-20(22-8-7-13-3-1-2-4-16(13)22)11-15-10-18(26-21-15)14-5-6-17-19(9-14)25-12-24-17/h1-6,9-10H,7-8,11-12H2. The maximum Gasteiger partial charge on any atom is 0.233 e. The van der Waals surface area contributed by atoms with Crippen molar-refractivity contribution in [2.45, 2.75) is 12.8 Å². The number of amides is 1. The molecule has 0 N–H and O–H groups in total. The quantitative estimate of drug-likeness (QED) is 0.727. The molecule has 2 aliphatic rings. The number of carbonyl (C=O) groups is 1. The Labute approximate surface area is 149 Å². The maximum atomic E-state index is 12.7. The number of benzene rings is 2. The van der Waals surface area contributed by atoms with Crippen LogP contribution in [0.1, 0.15) is 11.3 Å². The van der Waals surface area contributed by atoms with Gasteiger partial charge in [-0.1, -0.05) is 23.4 Å². The topological polar surface area (TPSA) is 64.8 Å². The van der Waals surface area contributed by atoms with Crippen LogP contribution in [0.3, 0.4) is 0 Å². The molecule has 0 aliphatic carbocycles. The monoisotopic (exact) mass is 348 g/mol. The predicted molar refractivity (Wildman–Crippen MR) is 94.3 cm³/mol. The Hall–Kier alpha value is -3.28. The summed E-state index contributed by atoms with van der Waals surface area (Å²) in [7, 11) is 0. The lowest BCUT2D eigenvalue weighted by Crippen LogP contribution is -2.30. The van der Waals surface area contributed by atoms with Crippen molar-refractivity contribution < 1.29 is 18.8 Å². The number of aromatic nitrogens is 1.